The Labute approximate surface area is 100 Å². The average molecular weight is 252 g/mol. The lowest BCUT2D eigenvalue weighted by atomic mass is 10.1. The molecule has 1 aromatic heterocycles. The van der Waals surface area contributed by atoms with Gasteiger partial charge in [0.15, 0.2) is 0 Å². The quantitative estimate of drug-likeness (QED) is 0.889. The average Bonchev–Trinajstić information content (AvgIpc) is 2.76. The van der Waals surface area contributed by atoms with Crippen molar-refractivity contribution in [3.05, 3.63) is 42.1 Å². The van der Waals surface area contributed by atoms with Crippen LogP contribution in [0.2, 0.25) is 0 Å². The Hall–Kier alpha value is -2.42. The minimum atomic E-state index is -4.69. The Morgan fingerprint density at radius 2 is 1.83 bits per heavy atom. The molecule has 18 heavy (non-hydrogen) atoms. The van der Waals surface area contributed by atoms with Crippen molar-refractivity contribution < 1.29 is 17.9 Å². The first kappa shape index (κ1) is 12.0. The summed E-state index contributed by atoms with van der Waals surface area (Å²) in [4.78, 5) is 2.86. The van der Waals surface area contributed by atoms with Gasteiger partial charge >= 0.3 is 6.36 Å². The zero-order chi connectivity index (χ0) is 13.2. The zero-order valence-corrected chi connectivity index (χ0v) is 8.95. The van der Waals surface area contributed by atoms with E-state index in [0.29, 0.717) is 16.8 Å². The number of nitrogens with zero attached hydrogens (tertiary/aromatic N) is 1. The third-order valence-electron chi connectivity index (χ3n) is 2.21. The van der Waals surface area contributed by atoms with Gasteiger partial charge in [0, 0.05) is 11.9 Å². The molecular weight excluding hydrogens is 245 g/mol. The molecule has 6 heteroatoms. The fourth-order valence-corrected chi connectivity index (χ4v) is 1.46. The number of alkyl halides is 3. The highest BCUT2D eigenvalue weighted by Gasteiger charge is 2.30. The number of nitriles is 1. The first-order valence-corrected chi connectivity index (χ1v) is 4.92. The second-order valence-electron chi connectivity index (χ2n) is 3.49. The number of aromatic amines is 1. The molecule has 0 saturated carbocycles. The number of ether oxygens (including phenoxy) is 1. The number of hydrogen-bond donors (Lipinski definition) is 1. The third kappa shape index (κ3) is 2.83. The summed E-state index contributed by atoms with van der Waals surface area (Å²) in [6, 6.07) is 8.96. The van der Waals surface area contributed by atoms with Crippen LogP contribution in [0.25, 0.3) is 11.3 Å². The molecule has 1 N–H and O–H groups in total. The lowest BCUT2D eigenvalue weighted by Crippen LogP contribution is -2.16. The van der Waals surface area contributed by atoms with Gasteiger partial charge in [-0.3, -0.25) is 0 Å². The van der Waals surface area contributed by atoms with Gasteiger partial charge in [0.25, 0.3) is 0 Å². The summed E-state index contributed by atoms with van der Waals surface area (Å²) < 4.78 is 39.6. The summed E-state index contributed by atoms with van der Waals surface area (Å²) in [6.07, 6.45) is -3.17. The second kappa shape index (κ2) is 4.45. The number of halogens is 3. The van der Waals surface area contributed by atoms with Crippen molar-refractivity contribution in [2.45, 2.75) is 6.36 Å². The van der Waals surface area contributed by atoms with E-state index < -0.39 is 6.36 Å². The predicted molar refractivity (Wildman–Crippen MR) is 57.6 cm³/mol. The van der Waals surface area contributed by atoms with Gasteiger partial charge in [-0.2, -0.15) is 5.26 Å². The van der Waals surface area contributed by atoms with Crippen LogP contribution in [0.3, 0.4) is 0 Å². The Balaban J connectivity index is 2.20. The van der Waals surface area contributed by atoms with Crippen LogP contribution >= 0.6 is 0 Å². The van der Waals surface area contributed by atoms with Crippen LogP contribution in [0.5, 0.6) is 5.75 Å². The zero-order valence-electron chi connectivity index (χ0n) is 8.95. The van der Waals surface area contributed by atoms with Gasteiger partial charge in [0.2, 0.25) is 0 Å². The van der Waals surface area contributed by atoms with E-state index in [1.165, 1.54) is 30.5 Å². The monoisotopic (exact) mass is 252 g/mol. The third-order valence-corrected chi connectivity index (χ3v) is 2.21. The van der Waals surface area contributed by atoms with Crippen molar-refractivity contribution in [3.8, 4) is 23.1 Å². The van der Waals surface area contributed by atoms with Gasteiger partial charge in [-0.15, -0.1) is 13.2 Å². The SMILES string of the molecule is N#Cc1c[nH]c(-c2ccc(OC(F)(F)F)cc2)c1. The topological polar surface area (TPSA) is 48.8 Å². The van der Waals surface area contributed by atoms with E-state index in [9.17, 15) is 13.2 Å². The summed E-state index contributed by atoms with van der Waals surface area (Å²) in [5.41, 5.74) is 1.79. The summed E-state index contributed by atoms with van der Waals surface area (Å²) >= 11 is 0. The fourth-order valence-electron chi connectivity index (χ4n) is 1.46. The normalized spacial score (nSPS) is 11.0. The standard InChI is InChI=1S/C12H7F3N2O/c13-12(14,15)18-10-3-1-9(2-4-10)11-5-8(6-16)7-17-11/h1-5,7,17H. The molecular formula is C12H7F3N2O. The molecule has 0 aliphatic rings. The van der Waals surface area contributed by atoms with Gasteiger partial charge in [-0.1, -0.05) is 0 Å². The van der Waals surface area contributed by atoms with Crippen molar-refractivity contribution in [3.63, 3.8) is 0 Å². The lowest BCUT2D eigenvalue weighted by Gasteiger charge is -2.08. The fraction of sp³-hybridized carbons (Fsp3) is 0.0833. The Morgan fingerprint density at radius 3 is 2.33 bits per heavy atom. The predicted octanol–water partition coefficient (Wildman–Crippen LogP) is 3.45. The van der Waals surface area contributed by atoms with Crippen LogP contribution in [-0.2, 0) is 0 Å². The molecule has 0 spiro atoms. The molecule has 2 aromatic rings. The van der Waals surface area contributed by atoms with Crippen molar-refractivity contribution in [2.24, 2.45) is 0 Å². The number of aromatic nitrogens is 1. The molecule has 0 fully saturated rings. The Kier molecular flexibility index (Phi) is 2.98. The van der Waals surface area contributed by atoms with Crippen LogP contribution < -0.4 is 4.74 Å². The second-order valence-corrected chi connectivity index (χ2v) is 3.49. The molecule has 2 rings (SSSR count). The van der Waals surface area contributed by atoms with Crippen molar-refractivity contribution in [2.75, 3.05) is 0 Å². The van der Waals surface area contributed by atoms with Crippen molar-refractivity contribution in [1.29, 1.82) is 5.26 Å². The number of rotatable bonds is 2. The maximum Gasteiger partial charge on any atom is 0.573 e. The molecule has 0 radical (unpaired) electrons. The van der Waals surface area contributed by atoms with Crippen molar-refractivity contribution >= 4 is 0 Å². The molecule has 0 aliphatic heterocycles. The maximum atomic E-state index is 11.9. The largest absolute Gasteiger partial charge is 0.573 e. The van der Waals surface area contributed by atoms with E-state index in [4.69, 9.17) is 5.26 Å². The number of benzene rings is 1. The van der Waals surface area contributed by atoms with Gasteiger partial charge in [-0.05, 0) is 35.9 Å². The smallest absolute Gasteiger partial charge is 0.406 e. The van der Waals surface area contributed by atoms with Crippen LogP contribution in [0, 0.1) is 11.3 Å². The van der Waals surface area contributed by atoms with Crippen LogP contribution in [0.15, 0.2) is 36.5 Å². The van der Waals surface area contributed by atoms with E-state index in [0.717, 1.165) is 0 Å². The summed E-state index contributed by atoms with van der Waals surface area (Å²) in [5, 5.41) is 8.65. The molecule has 0 atom stereocenters. The maximum absolute atomic E-state index is 11.9. The van der Waals surface area contributed by atoms with Gasteiger partial charge < -0.3 is 9.72 Å². The summed E-state index contributed by atoms with van der Waals surface area (Å²) in [5.74, 6) is -0.279. The molecule has 0 unspecified atom stereocenters. The highest BCUT2D eigenvalue weighted by Crippen LogP contribution is 2.26. The minimum Gasteiger partial charge on any atom is -0.406 e. The number of nitrogens with one attached hydrogen (secondary N) is 1. The van der Waals surface area contributed by atoms with Crippen LogP contribution in [0.4, 0.5) is 13.2 Å². The Bertz CT molecular complexity index is 579. The van der Waals surface area contributed by atoms with E-state index >= 15 is 0 Å². The first-order chi connectivity index (χ1) is 8.48. The summed E-state index contributed by atoms with van der Waals surface area (Å²) in [6.45, 7) is 0. The van der Waals surface area contributed by atoms with Crippen LogP contribution in [0.1, 0.15) is 5.56 Å². The van der Waals surface area contributed by atoms with Gasteiger partial charge in [0.1, 0.15) is 11.8 Å². The minimum absolute atomic E-state index is 0.279. The van der Waals surface area contributed by atoms with E-state index in [2.05, 4.69) is 9.72 Å². The molecule has 0 saturated heterocycles. The Morgan fingerprint density at radius 1 is 1.17 bits per heavy atom. The highest BCUT2D eigenvalue weighted by atomic mass is 19.4. The molecule has 0 aliphatic carbocycles. The van der Waals surface area contributed by atoms with Crippen molar-refractivity contribution in [1.82, 2.24) is 4.98 Å². The molecule has 1 heterocycles. The molecule has 92 valence electrons. The lowest BCUT2D eigenvalue weighted by molar-refractivity contribution is -0.274. The highest BCUT2D eigenvalue weighted by molar-refractivity contribution is 5.62. The molecule has 3 nitrogen and oxygen atoms in total. The first-order valence-electron chi connectivity index (χ1n) is 4.92. The molecule has 0 amide bonds. The van der Waals surface area contributed by atoms with Gasteiger partial charge in [0.05, 0.1) is 5.56 Å². The molecule has 0 bridgehead atoms. The van der Waals surface area contributed by atoms with Gasteiger partial charge in [-0.25, -0.2) is 0 Å². The van der Waals surface area contributed by atoms with E-state index in [1.807, 2.05) is 6.07 Å². The molecule has 1 aromatic carbocycles. The number of hydrogen-bond acceptors (Lipinski definition) is 2. The number of H-pyrrole nitrogens is 1. The van der Waals surface area contributed by atoms with Crippen LogP contribution in [-0.4, -0.2) is 11.3 Å². The van der Waals surface area contributed by atoms with E-state index in [-0.39, 0.29) is 5.75 Å². The summed E-state index contributed by atoms with van der Waals surface area (Å²) in [7, 11) is 0. The van der Waals surface area contributed by atoms with E-state index in [1.54, 1.807) is 6.07 Å².